The van der Waals surface area contributed by atoms with E-state index in [1.807, 2.05) is 6.92 Å². The quantitative estimate of drug-likeness (QED) is 0.801. The number of carboxylic acids is 1. The van der Waals surface area contributed by atoms with Crippen LogP contribution in [-0.4, -0.2) is 29.8 Å². The van der Waals surface area contributed by atoms with Gasteiger partial charge in [-0.2, -0.15) is 0 Å². The zero-order valence-electron chi connectivity index (χ0n) is 9.10. The van der Waals surface area contributed by atoms with E-state index in [1.54, 1.807) is 6.07 Å². The molecule has 88 valence electrons. The Kier molecular flexibility index (Phi) is 3.14. The summed E-state index contributed by atoms with van der Waals surface area (Å²) in [6.07, 6.45) is 2.21. The average molecular weight is 225 g/mol. The van der Waals surface area contributed by atoms with Crippen molar-refractivity contribution in [2.45, 2.75) is 31.9 Å². The van der Waals surface area contributed by atoms with E-state index in [2.05, 4.69) is 5.32 Å². The first kappa shape index (κ1) is 11.0. The van der Waals surface area contributed by atoms with Crippen LogP contribution in [-0.2, 0) is 4.74 Å². The maximum atomic E-state index is 10.6. The van der Waals surface area contributed by atoms with Gasteiger partial charge in [-0.25, -0.2) is 4.79 Å². The van der Waals surface area contributed by atoms with Crippen molar-refractivity contribution in [3.63, 3.8) is 0 Å². The minimum Gasteiger partial charge on any atom is -0.475 e. The number of anilines is 1. The normalized spacial score (nSPS) is 23.8. The molecule has 0 radical (unpaired) electrons. The Labute approximate surface area is 93.4 Å². The Morgan fingerprint density at radius 1 is 1.62 bits per heavy atom. The lowest BCUT2D eigenvalue weighted by Gasteiger charge is -2.35. The summed E-state index contributed by atoms with van der Waals surface area (Å²) in [5.74, 6) is -0.575. The molecule has 0 unspecified atom stereocenters. The monoisotopic (exact) mass is 225 g/mol. The van der Waals surface area contributed by atoms with E-state index in [0.717, 1.165) is 19.4 Å². The highest BCUT2D eigenvalue weighted by molar-refractivity contribution is 5.84. The highest BCUT2D eigenvalue weighted by atomic mass is 16.5. The van der Waals surface area contributed by atoms with Gasteiger partial charge in [-0.05, 0) is 25.8 Å². The first-order valence-corrected chi connectivity index (χ1v) is 5.40. The molecule has 1 aromatic rings. The molecule has 0 bridgehead atoms. The van der Waals surface area contributed by atoms with E-state index in [0.29, 0.717) is 18.0 Å². The predicted molar refractivity (Wildman–Crippen MR) is 57.7 cm³/mol. The van der Waals surface area contributed by atoms with Crippen molar-refractivity contribution in [1.29, 1.82) is 0 Å². The number of rotatable bonds is 5. The topological polar surface area (TPSA) is 71.7 Å². The van der Waals surface area contributed by atoms with Crippen LogP contribution in [0.5, 0.6) is 0 Å². The number of nitrogens with one attached hydrogen (secondary N) is 1. The van der Waals surface area contributed by atoms with Gasteiger partial charge in [0.15, 0.2) is 5.88 Å². The summed E-state index contributed by atoms with van der Waals surface area (Å²) in [6, 6.07) is 3.41. The summed E-state index contributed by atoms with van der Waals surface area (Å²) >= 11 is 0. The van der Waals surface area contributed by atoms with Gasteiger partial charge in [0.25, 0.3) is 0 Å². The van der Waals surface area contributed by atoms with Gasteiger partial charge in [-0.1, -0.05) is 0 Å². The molecule has 0 aromatic carbocycles. The van der Waals surface area contributed by atoms with Gasteiger partial charge in [-0.15, -0.1) is 0 Å². The summed E-state index contributed by atoms with van der Waals surface area (Å²) in [4.78, 5) is 10.6. The van der Waals surface area contributed by atoms with Gasteiger partial charge >= 0.3 is 5.97 Å². The Morgan fingerprint density at radius 2 is 2.38 bits per heavy atom. The molecule has 5 heteroatoms. The van der Waals surface area contributed by atoms with E-state index in [-0.39, 0.29) is 5.76 Å². The first-order chi connectivity index (χ1) is 7.69. The van der Waals surface area contributed by atoms with Gasteiger partial charge in [-0.3, -0.25) is 0 Å². The standard InChI is InChI=1S/C11H15NO4/c1-2-15-8-5-7(6-8)12-10-4-3-9(16-10)11(13)14/h3-4,7-8,12H,2,5-6H2,1H3,(H,13,14). The molecule has 16 heavy (non-hydrogen) atoms. The van der Waals surface area contributed by atoms with E-state index in [4.69, 9.17) is 14.3 Å². The first-order valence-electron chi connectivity index (χ1n) is 5.40. The molecule has 1 fully saturated rings. The molecule has 1 heterocycles. The Morgan fingerprint density at radius 3 is 2.94 bits per heavy atom. The highest BCUT2D eigenvalue weighted by Crippen LogP contribution is 2.27. The predicted octanol–water partition coefficient (Wildman–Crippen LogP) is 1.96. The molecule has 1 saturated carbocycles. The number of ether oxygens (including phenoxy) is 1. The number of furan rings is 1. The van der Waals surface area contributed by atoms with E-state index in [1.165, 1.54) is 6.07 Å². The lowest BCUT2D eigenvalue weighted by Crippen LogP contribution is -2.40. The SMILES string of the molecule is CCOC1CC(Nc2ccc(C(=O)O)o2)C1. The third-order valence-electron chi connectivity index (χ3n) is 2.66. The van der Waals surface area contributed by atoms with Crippen molar-refractivity contribution in [3.8, 4) is 0 Å². The van der Waals surface area contributed by atoms with Gasteiger partial charge < -0.3 is 19.6 Å². The number of carboxylic acid groups (broad SMARTS) is 1. The summed E-state index contributed by atoms with van der Waals surface area (Å²) in [5, 5.41) is 11.8. The van der Waals surface area contributed by atoms with Crippen LogP contribution in [0.2, 0.25) is 0 Å². The fourth-order valence-corrected chi connectivity index (χ4v) is 1.79. The molecule has 0 aliphatic heterocycles. The van der Waals surface area contributed by atoms with Crippen LogP contribution in [0.4, 0.5) is 5.88 Å². The van der Waals surface area contributed by atoms with E-state index < -0.39 is 5.97 Å². The van der Waals surface area contributed by atoms with Crippen LogP contribution in [0.1, 0.15) is 30.3 Å². The van der Waals surface area contributed by atoms with Gasteiger partial charge in [0, 0.05) is 18.7 Å². The van der Waals surface area contributed by atoms with Crippen molar-refractivity contribution in [2.24, 2.45) is 0 Å². The molecule has 0 spiro atoms. The fraction of sp³-hybridized carbons (Fsp3) is 0.545. The zero-order chi connectivity index (χ0) is 11.5. The number of aromatic carboxylic acids is 1. The molecule has 0 saturated heterocycles. The number of hydrogen-bond acceptors (Lipinski definition) is 4. The van der Waals surface area contributed by atoms with Crippen molar-refractivity contribution in [1.82, 2.24) is 0 Å². The Hall–Kier alpha value is -1.49. The molecule has 0 atom stereocenters. The Bertz CT molecular complexity index is 368. The second-order valence-electron chi connectivity index (χ2n) is 3.86. The smallest absolute Gasteiger partial charge is 0.371 e. The second kappa shape index (κ2) is 4.57. The van der Waals surface area contributed by atoms with Crippen LogP contribution in [0.25, 0.3) is 0 Å². The van der Waals surface area contributed by atoms with Crippen LogP contribution in [0.3, 0.4) is 0 Å². The van der Waals surface area contributed by atoms with Crippen LogP contribution >= 0.6 is 0 Å². The van der Waals surface area contributed by atoms with Crippen molar-refractivity contribution in [2.75, 3.05) is 11.9 Å². The van der Waals surface area contributed by atoms with Gasteiger partial charge in [0.2, 0.25) is 5.76 Å². The summed E-state index contributed by atoms with van der Waals surface area (Å²) in [6.45, 7) is 2.72. The summed E-state index contributed by atoms with van der Waals surface area (Å²) in [5.41, 5.74) is 0. The second-order valence-corrected chi connectivity index (χ2v) is 3.86. The lowest BCUT2D eigenvalue weighted by molar-refractivity contribution is 0.00261. The lowest BCUT2D eigenvalue weighted by atomic mass is 9.89. The molecule has 5 nitrogen and oxygen atoms in total. The van der Waals surface area contributed by atoms with Crippen LogP contribution < -0.4 is 5.32 Å². The Balaban J connectivity index is 1.80. The number of hydrogen-bond donors (Lipinski definition) is 2. The molecule has 0 amide bonds. The maximum absolute atomic E-state index is 10.6. The summed E-state index contributed by atoms with van der Waals surface area (Å²) in [7, 11) is 0. The molecule has 2 rings (SSSR count). The fourth-order valence-electron chi connectivity index (χ4n) is 1.79. The third kappa shape index (κ3) is 2.36. The number of carbonyl (C=O) groups is 1. The van der Waals surface area contributed by atoms with Crippen LogP contribution in [0.15, 0.2) is 16.5 Å². The molecule has 2 N–H and O–H groups in total. The molecule has 1 aromatic heterocycles. The molecular weight excluding hydrogens is 210 g/mol. The largest absolute Gasteiger partial charge is 0.475 e. The molecule has 1 aliphatic carbocycles. The van der Waals surface area contributed by atoms with E-state index in [9.17, 15) is 4.79 Å². The molecule has 1 aliphatic rings. The highest BCUT2D eigenvalue weighted by Gasteiger charge is 2.30. The van der Waals surface area contributed by atoms with Crippen molar-refractivity contribution < 1.29 is 19.1 Å². The molecular formula is C11H15NO4. The van der Waals surface area contributed by atoms with Crippen molar-refractivity contribution >= 4 is 11.9 Å². The van der Waals surface area contributed by atoms with E-state index >= 15 is 0 Å². The minimum atomic E-state index is -1.05. The average Bonchev–Trinajstić information content (AvgIpc) is 2.63. The van der Waals surface area contributed by atoms with Gasteiger partial charge in [0.1, 0.15) is 0 Å². The van der Waals surface area contributed by atoms with Gasteiger partial charge in [0.05, 0.1) is 6.10 Å². The van der Waals surface area contributed by atoms with Crippen molar-refractivity contribution in [3.05, 3.63) is 17.9 Å². The van der Waals surface area contributed by atoms with Crippen LogP contribution in [0, 0.1) is 0 Å². The summed E-state index contributed by atoms with van der Waals surface area (Å²) < 4.78 is 10.5. The zero-order valence-corrected chi connectivity index (χ0v) is 9.10. The minimum absolute atomic E-state index is 0.0387. The maximum Gasteiger partial charge on any atom is 0.371 e. The third-order valence-corrected chi connectivity index (χ3v) is 2.66.